The van der Waals surface area contributed by atoms with Crippen molar-refractivity contribution in [1.82, 2.24) is 15.0 Å². The van der Waals surface area contributed by atoms with Gasteiger partial charge in [-0.1, -0.05) is 35.5 Å². The molecule has 0 unspecified atom stereocenters. The Labute approximate surface area is 163 Å². The molecular formula is C20H25N3O5. The number of benzene rings is 1. The number of ether oxygens (including phenoxy) is 5. The van der Waals surface area contributed by atoms with Gasteiger partial charge in [0.05, 0.1) is 18.4 Å². The highest BCUT2D eigenvalue weighted by Gasteiger charge is 2.60. The van der Waals surface area contributed by atoms with Crippen LogP contribution in [0.2, 0.25) is 0 Å². The summed E-state index contributed by atoms with van der Waals surface area (Å²) in [4.78, 5) is 0. The Kier molecular flexibility index (Phi) is 4.12. The van der Waals surface area contributed by atoms with Crippen molar-refractivity contribution in [2.24, 2.45) is 0 Å². The van der Waals surface area contributed by atoms with Crippen LogP contribution >= 0.6 is 0 Å². The molecule has 8 nitrogen and oxygen atoms in total. The largest absolute Gasteiger partial charge is 0.342 e. The van der Waals surface area contributed by atoms with Gasteiger partial charge in [0.1, 0.15) is 24.4 Å². The summed E-state index contributed by atoms with van der Waals surface area (Å²) in [7, 11) is 0. The zero-order chi connectivity index (χ0) is 19.5. The minimum Gasteiger partial charge on any atom is -0.342 e. The van der Waals surface area contributed by atoms with Crippen LogP contribution in [-0.2, 0) is 30.2 Å². The summed E-state index contributed by atoms with van der Waals surface area (Å²) in [6.07, 6.45) is 0.0393. The van der Waals surface area contributed by atoms with Crippen LogP contribution in [0.4, 0.5) is 0 Å². The van der Waals surface area contributed by atoms with Gasteiger partial charge in [0.15, 0.2) is 17.9 Å². The first-order valence-corrected chi connectivity index (χ1v) is 9.62. The maximum atomic E-state index is 6.28. The third-order valence-electron chi connectivity index (χ3n) is 5.29. The molecule has 0 bridgehead atoms. The molecule has 0 spiro atoms. The lowest BCUT2D eigenvalue weighted by Crippen LogP contribution is -2.56. The van der Waals surface area contributed by atoms with Gasteiger partial charge in [-0.3, -0.25) is 0 Å². The topological polar surface area (TPSA) is 76.9 Å². The van der Waals surface area contributed by atoms with Crippen LogP contribution in [0.3, 0.4) is 0 Å². The zero-order valence-electron chi connectivity index (χ0n) is 16.4. The van der Waals surface area contributed by atoms with E-state index in [1.807, 2.05) is 62.7 Å². The van der Waals surface area contributed by atoms with Crippen molar-refractivity contribution in [1.29, 1.82) is 0 Å². The summed E-state index contributed by atoms with van der Waals surface area (Å²) in [5.74, 6) is -1.44. The molecule has 3 saturated heterocycles. The van der Waals surface area contributed by atoms with Gasteiger partial charge in [0, 0.05) is 5.56 Å². The van der Waals surface area contributed by atoms with Gasteiger partial charge in [-0.15, -0.1) is 5.10 Å². The molecule has 3 aliphatic heterocycles. The molecule has 1 aromatic carbocycles. The first-order chi connectivity index (χ1) is 13.3. The predicted octanol–water partition coefficient (Wildman–Crippen LogP) is 2.34. The summed E-state index contributed by atoms with van der Waals surface area (Å²) in [6, 6.07) is 10.0. The Morgan fingerprint density at radius 2 is 1.57 bits per heavy atom. The molecule has 1 aromatic heterocycles. The number of fused-ring (bicyclic) bond motifs is 3. The Hall–Kier alpha value is -1.84. The summed E-state index contributed by atoms with van der Waals surface area (Å²) in [5, 5.41) is 8.37. The Bertz CT molecular complexity index is 853. The molecule has 0 aliphatic carbocycles. The van der Waals surface area contributed by atoms with Crippen molar-refractivity contribution in [3.05, 3.63) is 36.5 Å². The fraction of sp³-hybridized carbons (Fsp3) is 0.600. The molecule has 8 heteroatoms. The molecule has 3 fully saturated rings. The van der Waals surface area contributed by atoms with Gasteiger partial charge in [-0.25, -0.2) is 4.68 Å². The lowest BCUT2D eigenvalue weighted by Gasteiger charge is -2.37. The van der Waals surface area contributed by atoms with Crippen molar-refractivity contribution < 1.29 is 23.7 Å². The van der Waals surface area contributed by atoms with Crippen LogP contribution in [0.25, 0.3) is 11.3 Å². The van der Waals surface area contributed by atoms with E-state index in [1.54, 1.807) is 6.20 Å². The second-order valence-electron chi connectivity index (χ2n) is 8.38. The quantitative estimate of drug-likeness (QED) is 0.800. The lowest BCUT2D eigenvalue weighted by molar-refractivity contribution is -0.236. The Balaban J connectivity index is 1.44. The van der Waals surface area contributed by atoms with E-state index in [1.165, 1.54) is 0 Å². The van der Waals surface area contributed by atoms with Crippen molar-refractivity contribution in [3.63, 3.8) is 0 Å². The molecular weight excluding hydrogens is 362 g/mol. The second kappa shape index (κ2) is 6.33. The van der Waals surface area contributed by atoms with Gasteiger partial charge < -0.3 is 23.7 Å². The smallest absolute Gasteiger partial charge is 0.190 e. The highest BCUT2D eigenvalue weighted by atomic mass is 16.9. The first kappa shape index (κ1) is 18.2. The minimum atomic E-state index is -0.729. The van der Waals surface area contributed by atoms with E-state index in [4.69, 9.17) is 23.7 Å². The molecule has 0 N–H and O–H groups in total. The van der Waals surface area contributed by atoms with Crippen LogP contribution in [0.5, 0.6) is 0 Å². The molecule has 5 atom stereocenters. The molecule has 4 heterocycles. The van der Waals surface area contributed by atoms with Crippen molar-refractivity contribution in [2.75, 3.05) is 0 Å². The van der Waals surface area contributed by atoms with E-state index in [-0.39, 0.29) is 24.4 Å². The minimum absolute atomic E-state index is 0.274. The van der Waals surface area contributed by atoms with Crippen LogP contribution in [-0.4, -0.2) is 57.3 Å². The van der Waals surface area contributed by atoms with E-state index in [2.05, 4.69) is 10.3 Å². The van der Waals surface area contributed by atoms with Gasteiger partial charge in [-0.2, -0.15) is 0 Å². The second-order valence-corrected chi connectivity index (χ2v) is 8.38. The molecule has 3 aliphatic rings. The molecule has 2 aromatic rings. The number of hydrogen-bond donors (Lipinski definition) is 0. The highest BCUT2D eigenvalue weighted by Crippen LogP contribution is 2.44. The molecule has 150 valence electrons. The lowest BCUT2D eigenvalue weighted by atomic mass is 9.99. The molecule has 5 rings (SSSR count). The zero-order valence-corrected chi connectivity index (χ0v) is 16.4. The van der Waals surface area contributed by atoms with Gasteiger partial charge in [-0.05, 0) is 27.7 Å². The van der Waals surface area contributed by atoms with E-state index in [0.717, 1.165) is 11.3 Å². The third-order valence-corrected chi connectivity index (χ3v) is 5.29. The summed E-state index contributed by atoms with van der Waals surface area (Å²) >= 11 is 0. The van der Waals surface area contributed by atoms with E-state index < -0.39 is 17.9 Å². The molecule has 0 amide bonds. The van der Waals surface area contributed by atoms with E-state index >= 15 is 0 Å². The van der Waals surface area contributed by atoms with Gasteiger partial charge in [0.25, 0.3) is 0 Å². The maximum Gasteiger partial charge on any atom is 0.190 e. The number of aromatic nitrogens is 3. The standard InChI is InChI=1S/C20H25N3O5/c1-19(2)25-15-14(24-18-17(16(15)26-19)27-20(3,4)28-18)11-23-13(10-21-22-23)12-8-6-5-7-9-12/h5-10,14-18H,11H2,1-4H3/t14-,15+,16+,17-,18-/m1/s1. The highest BCUT2D eigenvalue weighted by molar-refractivity contribution is 5.57. The van der Waals surface area contributed by atoms with Crippen molar-refractivity contribution in [2.45, 2.75) is 76.5 Å². The van der Waals surface area contributed by atoms with Gasteiger partial charge in [0.2, 0.25) is 0 Å². The third kappa shape index (κ3) is 3.15. The van der Waals surface area contributed by atoms with Crippen LogP contribution < -0.4 is 0 Å². The average Bonchev–Trinajstić information content (AvgIpc) is 3.30. The first-order valence-electron chi connectivity index (χ1n) is 9.62. The molecule has 0 radical (unpaired) electrons. The van der Waals surface area contributed by atoms with Crippen molar-refractivity contribution >= 4 is 0 Å². The van der Waals surface area contributed by atoms with Gasteiger partial charge >= 0.3 is 0 Å². The van der Waals surface area contributed by atoms with Crippen LogP contribution in [0, 0.1) is 0 Å². The maximum absolute atomic E-state index is 6.28. The summed E-state index contributed by atoms with van der Waals surface area (Å²) in [6.45, 7) is 8.04. The number of hydrogen-bond acceptors (Lipinski definition) is 7. The Morgan fingerprint density at radius 1 is 0.893 bits per heavy atom. The molecule has 0 saturated carbocycles. The monoisotopic (exact) mass is 387 g/mol. The SMILES string of the molecule is CC1(C)O[C@H]2[C@@H](O1)[C@@H](Cn1nncc1-c1ccccc1)O[C@@H]1OC(C)(C)O[C@@H]12. The van der Waals surface area contributed by atoms with E-state index in [0.29, 0.717) is 6.54 Å². The fourth-order valence-corrected chi connectivity index (χ4v) is 4.24. The van der Waals surface area contributed by atoms with E-state index in [9.17, 15) is 0 Å². The van der Waals surface area contributed by atoms with Crippen molar-refractivity contribution in [3.8, 4) is 11.3 Å². The summed E-state index contributed by atoms with van der Waals surface area (Å²) in [5.41, 5.74) is 1.97. The summed E-state index contributed by atoms with van der Waals surface area (Å²) < 4.78 is 32.5. The normalized spacial score (nSPS) is 35.5. The Morgan fingerprint density at radius 3 is 2.36 bits per heavy atom. The van der Waals surface area contributed by atoms with Crippen LogP contribution in [0.15, 0.2) is 36.5 Å². The number of rotatable bonds is 3. The number of nitrogens with zero attached hydrogens (tertiary/aromatic N) is 3. The van der Waals surface area contributed by atoms with Crippen LogP contribution in [0.1, 0.15) is 27.7 Å². The average molecular weight is 387 g/mol. The fourth-order valence-electron chi connectivity index (χ4n) is 4.24. The predicted molar refractivity (Wildman–Crippen MR) is 98.0 cm³/mol. The molecule has 28 heavy (non-hydrogen) atoms.